The van der Waals surface area contributed by atoms with Crippen molar-refractivity contribution >= 4 is 35.0 Å². The highest BCUT2D eigenvalue weighted by atomic mass is 32.1. The van der Waals surface area contributed by atoms with Gasteiger partial charge in [-0.1, -0.05) is 6.07 Å². The van der Waals surface area contributed by atoms with Gasteiger partial charge in [-0.15, -0.1) is 24.0 Å². The Labute approximate surface area is 103 Å². The van der Waals surface area contributed by atoms with Crippen LogP contribution in [0.3, 0.4) is 0 Å². The molecule has 0 radical (unpaired) electrons. The van der Waals surface area contributed by atoms with E-state index in [0.29, 0.717) is 10.7 Å². The van der Waals surface area contributed by atoms with Gasteiger partial charge in [0.25, 0.3) is 5.91 Å². The topological polar surface area (TPSA) is 42.0 Å². The van der Waals surface area contributed by atoms with Crippen LogP contribution in [0.4, 0.5) is 5.13 Å². The predicted molar refractivity (Wildman–Crippen MR) is 68.5 cm³/mol. The van der Waals surface area contributed by atoms with Crippen LogP contribution < -0.4 is 5.32 Å². The summed E-state index contributed by atoms with van der Waals surface area (Å²) in [6.45, 7) is 1.89. The monoisotopic (exact) mass is 250 g/mol. The number of thiazole rings is 1. The number of amides is 1. The third kappa shape index (κ3) is 2.62. The number of nitrogens with one attached hydrogen (secondary N) is 1. The standard InChI is InChI=1S/C11H10N2OS2/c1-7-6-16-11(12-7)13-10(14)8-3-2-4-9(15)5-8/h2-6,15H,1H3,(H,12,13,14). The lowest BCUT2D eigenvalue weighted by Crippen LogP contribution is -2.11. The maximum atomic E-state index is 11.8. The van der Waals surface area contributed by atoms with Gasteiger partial charge in [0.2, 0.25) is 0 Å². The predicted octanol–water partition coefficient (Wildman–Crippen LogP) is 2.99. The highest BCUT2D eigenvalue weighted by Crippen LogP contribution is 2.16. The number of hydrogen-bond acceptors (Lipinski definition) is 4. The maximum Gasteiger partial charge on any atom is 0.257 e. The lowest BCUT2D eigenvalue weighted by molar-refractivity contribution is 0.102. The Morgan fingerprint density at radius 3 is 2.94 bits per heavy atom. The van der Waals surface area contributed by atoms with Crippen LogP contribution >= 0.6 is 24.0 Å². The molecule has 0 aliphatic heterocycles. The van der Waals surface area contributed by atoms with Crippen LogP contribution in [0.15, 0.2) is 34.5 Å². The fourth-order valence-electron chi connectivity index (χ4n) is 1.23. The summed E-state index contributed by atoms with van der Waals surface area (Å²) in [5, 5.41) is 5.25. The second-order valence-electron chi connectivity index (χ2n) is 3.30. The SMILES string of the molecule is Cc1csc(NC(=O)c2cccc(S)c2)n1. The molecule has 0 saturated heterocycles. The molecule has 0 bridgehead atoms. The molecule has 1 aromatic heterocycles. The van der Waals surface area contributed by atoms with Gasteiger partial charge in [0, 0.05) is 15.8 Å². The quantitative estimate of drug-likeness (QED) is 0.805. The average Bonchev–Trinajstić information content (AvgIpc) is 2.64. The smallest absolute Gasteiger partial charge is 0.257 e. The van der Waals surface area contributed by atoms with Crippen molar-refractivity contribution in [2.75, 3.05) is 5.32 Å². The molecule has 1 N–H and O–H groups in total. The minimum absolute atomic E-state index is 0.162. The molecule has 1 amide bonds. The zero-order valence-electron chi connectivity index (χ0n) is 8.60. The van der Waals surface area contributed by atoms with Gasteiger partial charge in [0.15, 0.2) is 5.13 Å². The molecular formula is C11H10N2OS2. The molecule has 5 heteroatoms. The second kappa shape index (κ2) is 4.67. The number of nitrogens with zero attached hydrogens (tertiary/aromatic N) is 1. The average molecular weight is 250 g/mol. The molecule has 0 atom stereocenters. The van der Waals surface area contributed by atoms with Crippen molar-refractivity contribution in [3.8, 4) is 0 Å². The molecule has 0 unspecified atom stereocenters. The van der Waals surface area contributed by atoms with E-state index in [4.69, 9.17) is 0 Å². The zero-order valence-corrected chi connectivity index (χ0v) is 10.3. The molecule has 1 aromatic carbocycles. The highest BCUT2D eigenvalue weighted by molar-refractivity contribution is 7.80. The van der Waals surface area contributed by atoms with Crippen molar-refractivity contribution < 1.29 is 4.79 Å². The summed E-state index contributed by atoms with van der Waals surface area (Å²) in [5.41, 5.74) is 1.49. The van der Waals surface area contributed by atoms with Gasteiger partial charge < -0.3 is 0 Å². The van der Waals surface area contributed by atoms with Crippen LogP contribution in [-0.2, 0) is 0 Å². The number of anilines is 1. The lowest BCUT2D eigenvalue weighted by Gasteiger charge is -2.01. The molecule has 0 aliphatic carbocycles. The van der Waals surface area contributed by atoms with Crippen molar-refractivity contribution in [2.24, 2.45) is 0 Å². The summed E-state index contributed by atoms with van der Waals surface area (Å²) in [7, 11) is 0. The van der Waals surface area contributed by atoms with Crippen molar-refractivity contribution in [2.45, 2.75) is 11.8 Å². The van der Waals surface area contributed by atoms with E-state index in [2.05, 4.69) is 22.9 Å². The van der Waals surface area contributed by atoms with Gasteiger partial charge in [-0.2, -0.15) is 0 Å². The molecule has 0 spiro atoms. The van der Waals surface area contributed by atoms with Crippen LogP contribution in [0.1, 0.15) is 16.1 Å². The van der Waals surface area contributed by atoms with E-state index in [-0.39, 0.29) is 5.91 Å². The summed E-state index contributed by atoms with van der Waals surface area (Å²) >= 11 is 5.60. The molecule has 82 valence electrons. The number of rotatable bonds is 2. The number of benzene rings is 1. The maximum absolute atomic E-state index is 11.8. The van der Waals surface area contributed by atoms with Gasteiger partial charge in [0.05, 0.1) is 5.69 Å². The number of thiol groups is 1. The molecule has 0 aliphatic rings. The molecule has 0 fully saturated rings. The fraction of sp³-hybridized carbons (Fsp3) is 0.0909. The number of carbonyl (C=O) groups excluding carboxylic acids is 1. The van der Waals surface area contributed by atoms with Crippen molar-refractivity contribution in [1.82, 2.24) is 4.98 Å². The van der Waals surface area contributed by atoms with Crippen molar-refractivity contribution in [1.29, 1.82) is 0 Å². The van der Waals surface area contributed by atoms with E-state index in [0.717, 1.165) is 10.6 Å². The summed E-state index contributed by atoms with van der Waals surface area (Å²) in [6.07, 6.45) is 0. The molecule has 1 heterocycles. The largest absolute Gasteiger partial charge is 0.298 e. The van der Waals surface area contributed by atoms with Gasteiger partial charge in [0.1, 0.15) is 0 Å². The zero-order chi connectivity index (χ0) is 11.5. The highest BCUT2D eigenvalue weighted by Gasteiger charge is 2.07. The van der Waals surface area contributed by atoms with E-state index >= 15 is 0 Å². The Balaban J connectivity index is 2.14. The Morgan fingerprint density at radius 1 is 1.50 bits per heavy atom. The van der Waals surface area contributed by atoms with E-state index < -0.39 is 0 Å². The Morgan fingerprint density at radius 2 is 2.31 bits per heavy atom. The first-order chi connectivity index (χ1) is 7.65. The summed E-state index contributed by atoms with van der Waals surface area (Å²) in [5.74, 6) is -0.162. The van der Waals surface area contributed by atoms with Crippen LogP contribution in [0.25, 0.3) is 0 Å². The third-order valence-electron chi connectivity index (χ3n) is 1.95. The van der Waals surface area contributed by atoms with Gasteiger partial charge in [-0.05, 0) is 25.1 Å². The van der Waals surface area contributed by atoms with Crippen molar-refractivity contribution in [3.63, 3.8) is 0 Å². The second-order valence-corrected chi connectivity index (χ2v) is 4.67. The van der Waals surface area contributed by atoms with E-state index in [9.17, 15) is 4.79 Å². The minimum atomic E-state index is -0.162. The fourth-order valence-corrected chi connectivity index (χ4v) is 2.14. The molecular weight excluding hydrogens is 240 g/mol. The molecule has 2 rings (SSSR count). The van der Waals surface area contributed by atoms with Gasteiger partial charge >= 0.3 is 0 Å². The Bertz CT molecular complexity index is 522. The summed E-state index contributed by atoms with van der Waals surface area (Å²) in [4.78, 5) is 16.7. The summed E-state index contributed by atoms with van der Waals surface area (Å²) < 4.78 is 0. The number of hydrogen-bond donors (Lipinski definition) is 2. The lowest BCUT2D eigenvalue weighted by atomic mass is 10.2. The van der Waals surface area contributed by atoms with Crippen molar-refractivity contribution in [3.05, 3.63) is 40.9 Å². The Hall–Kier alpha value is -1.33. The molecule has 0 saturated carbocycles. The minimum Gasteiger partial charge on any atom is -0.298 e. The van der Waals surface area contributed by atoms with Crippen LogP contribution in [0, 0.1) is 6.92 Å². The van der Waals surface area contributed by atoms with E-state index in [1.54, 1.807) is 18.2 Å². The third-order valence-corrected chi connectivity index (χ3v) is 3.10. The van der Waals surface area contributed by atoms with Crippen LogP contribution in [0.5, 0.6) is 0 Å². The molecule has 16 heavy (non-hydrogen) atoms. The van der Waals surface area contributed by atoms with Gasteiger partial charge in [-0.3, -0.25) is 10.1 Å². The van der Waals surface area contributed by atoms with Crippen LogP contribution in [-0.4, -0.2) is 10.9 Å². The molecule has 3 nitrogen and oxygen atoms in total. The van der Waals surface area contributed by atoms with Gasteiger partial charge in [-0.25, -0.2) is 4.98 Å². The Kier molecular flexibility index (Phi) is 3.26. The number of aromatic nitrogens is 1. The van der Waals surface area contributed by atoms with E-state index in [1.165, 1.54) is 11.3 Å². The summed E-state index contributed by atoms with van der Waals surface area (Å²) in [6, 6.07) is 7.09. The first-order valence-corrected chi connectivity index (χ1v) is 6.00. The first-order valence-electron chi connectivity index (χ1n) is 4.67. The first kappa shape index (κ1) is 11.2. The number of aryl methyl sites for hydroxylation is 1. The normalized spacial score (nSPS) is 10.1. The molecule has 2 aromatic rings. The van der Waals surface area contributed by atoms with E-state index in [1.807, 2.05) is 18.4 Å². The number of carbonyl (C=O) groups is 1. The van der Waals surface area contributed by atoms with Crippen LogP contribution in [0.2, 0.25) is 0 Å².